The van der Waals surface area contributed by atoms with E-state index in [1.807, 2.05) is 6.92 Å². The van der Waals surface area contributed by atoms with Crippen molar-refractivity contribution < 1.29 is 22.5 Å². The van der Waals surface area contributed by atoms with E-state index < -0.39 is 16.1 Å². The fraction of sp³-hybridized carbons (Fsp3) is 0.357. The molecule has 6 heteroatoms. The molecule has 1 aromatic rings. The molecule has 0 heterocycles. The van der Waals surface area contributed by atoms with Crippen LogP contribution < -0.4 is 0 Å². The Hall–Kier alpha value is -1.82. The molecule has 1 saturated carbocycles. The number of aryl methyl sites for hydroxylation is 1. The van der Waals surface area contributed by atoms with E-state index in [-0.39, 0.29) is 22.1 Å². The van der Waals surface area contributed by atoms with Crippen molar-refractivity contribution in [3.8, 4) is 0 Å². The summed E-state index contributed by atoms with van der Waals surface area (Å²) in [6.45, 7) is 3.21. The molecule has 1 N–H and O–H groups in total. The lowest BCUT2D eigenvalue weighted by Gasteiger charge is -2.12. The zero-order chi connectivity index (χ0) is 14.9. The smallest absolute Gasteiger partial charge is 0.338 e. The molecule has 1 aliphatic carbocycles. The molecule has 1 aliphatic rings. The fourth-order valence-corrected chi connectivity index (χ4v) is 2.82. The third kappa shape index (κ3) is 3.19. The van der Waals surface area contributed by atoms with Gasteiger partial charge in [0.15, 0.2) is 0 Å². The van der Waals surface area contributed by atoms with E-state index in [4.69, 9.17) is 9.29 Å². The molecule has 1 aromatic carbocycles. The average Bonchev–Trinajstić information content (AvgIpc) is 3.20. The molecule has 2 rings (SSSR count). The summed E-state index contributed by atoms with van der Waals surface area (Å²) >= 11 is 0. The van der Waals surface area contributed by atoms with Gasteiger partial charge in [-0.1, -0.05) is 17.7 Å². The lowest BCUT2D eigenvalue weighted by Crippen LogP contribution is -2.12. The number of aliphatic carboxylic acids is 1. The molecule has 0 aromatic heterocycles. The van der Waals surface area contributed by atoms with Crippen LogP contribution in [0.1, 0.15) is 25.3 Å². The molecule has 20 heavy (non-hydrogen) atoms. The van der Waals surface area contributed by atoms with E-state index in [2.05, 4.69) is 0 Å². The highest BCUT2D eigenvalue weighted by Gasteiger charge is 2.34. The van der Waals surface area contributed by atoms with Gasteiger partial charge in [0, 0.05) is 5.92 Å². The van der Waals surface area contributed by atoms with Crippen molar-refractivity contribution in [1.82, 2.24) is 0 Å². The topological polar surface area (TPSA) is 80.7 Å². The van der Waals surface area contributed by atoms with E-state index in [0.717, 1.165) is 18.4 Å². The molecule has 1 fully saturated rings. The van der Waals surface area contributed by atoms with Crippen molar-refractivity contribution in [1.29, 1.82) is 0 Å². The van der Waals surface area contributed by atoms with Crippen molar-refractivity contribution in [3.05, 3.63) is 41.2 Å². The Bertz CT molecular complexity index is 651. The minimum Gasteiger partial charge on any atom is -0.478 e. The summed E-state index contributed by atoms with van der Waals surface area (Å²) in [4.78, 5) is 11.0. The lowest BCUT2D eigenvalue weighted by molar-refractivity contribution is -0.132. The highest BCUT2D eigenvalue weighted by Crippen LogP contribution is 2.40. The van der Waals surface area contributed by atoms with Crippen LogP contribution in [0, 0.1) is 12.8 Å². The Labute approximate surface area is 118 Å². The molecule has 0 aliphatic heterocycles. The molecular weight excluding hydrogens is 280 g/mol. The third-order valence-electron chi connectivity index (χ3n) is 3.15. The number of rotatable bonds is 5. The number of allylic oxidation sites excluding steroid dienone is 1. The van der Waals surface area contributed by atoms with Gasteiger partial charge in [0.1, 0.15) is 10.7 Å². The van der Waals surface area contributed by atoms with Gasteiger partial charge in [-0.25, -0.2) is 4.79 Å². The van der Waals surface area contributed by atoms with Crippen LogP contribution in [0.25, 0.3) is 0 Å². The second kappa shape index (κ2) is 5.28. The van der Waals surface area contributed by atoms with Crippen LogP contribution >= 0.6 is 0 Å². The summed E-state index contributed by atoms with van der Waals surface area (Å²) < 4.78 is 29.4. The lowest BCUT2D eigenvalue weighted by atomic mass is 10.2. The molecule has 0 atom stereocenters. The third-order valence-corrected chi connectivity index (χ3v) is 4.40. The van der Waals surface area contributed by atoms with Gasteiger partial charge in [0.2, 0.25) is 0 Å². The quantitative estimate of drug-likeness (QED) is 0.513. The fourth-order valence-electron chi connectivity index (χ4n) is 1.76. The van der Waals surface area contributed by atoms with E-state index in [1.165, 1.54) is 19.1 Å². The number of carbonyl (C=O) groups is 1. The summed E-state index contributed by atoms with van der Waals surface area (Å²) in [5, 5.41) is 9.00. The van der Waals surface area contributed by atoms with Crippen molar-refractivity contribution in [2.45, 2.75) is 31.6 Å². The van der Waals surface area contributed by atoms with Gasteiger partial charge in [-0.3, -0.25) is 0 Å². The normalized spacial score (nSPS) is 16.5. The SMILES string of the molecule is CC(C(=O)O)=C(OS(=O)(=O)c1ccc(C)cc1)C1CC1. The van der Waals surface area contributed by atoms with Crippen LogP contribution in [0.3, 0.4) is 0 Å². The van der Waals surface area contributed by atoms with Crippen LogP contribution in [0.2, 0.25) is 0 Å². The van der Waals surface area contributed by atoms with Gasteiger partial charge in [-0.15, -0.1) is 0 Å². The number of carboxylic acids is 1. The number of hydrogen-bond donors (Lipinski definition) is 1. The predicted octanol–water partition coefficient (Wildman–Crippen LogP) is 2.47. The van der Waals surface area contributed by atoms with Gasteiger partial charge in [-0.05, 0) is 38.8 Å². The molecule has 0 spiro atoms. The van der Waals surface area contributed by atoms with Gasteiger partial charge < -0.3 is 9.29 Å². The second-order valence-corrected chi connectivity index (χ2v) is 6.47. The van der Waals surface area contributed by atoms with Crippen LogP contribution in [0.15, 0.2) is 40.5 Å². The predicted molar refractivity (Wildman–Crippen MR) is 72.5 cm³/mol. The summed E-state index contributed by atoms with van der Waals surface area (Å²) in [5.74, 6) is -1.21. The first-order valence-electron chi connectivity index (χ1n) is 6.26. The van der Waals surface area contributed by atoms with E-state index in [1.54, 1.807) is 12.1 Å². The summed E-state index contributed by atoms with van der Waals surface area (Å²) in [6, 6.07) is 6.23. The monoisotopic (exact) mass is 296 g/mol. The first-order chi connectivity index (χ1) is 9.31. The first-order valence-corrected chi connectivity index (χ1v) is 7.67. The highest BCUT2D eigenvalue weighted by molar-refractivity contribution is 7.86. The van der Waals surface area contributed by atoms with Crippen molar-refractivity contribution in [3.63, 3.8) is 0 Å². The van der Waals surface area contributed by atoms with Crippen molar-refractivity contribution >= 4 is 16.1 Å². The van der Waals surface area contributed by atoms with Gasteiger partial charge in [-0.2, -0.15) is 8.42 Å². The Kier molecular flexibility index (Phi) is 3.85. The minimum atomic E-state index is -3.98. The van der Waals surface area contributed by atoms with Gasteiger partial charge in [0.25, 0.3) is 0 Å². The van der Waals surface area contributed by atoms with Crippen molar-refractivity contribution in [2.75, 3.05) is 0 Å². The van der Waals surface area contributed by atoms with E-state index >= 15 is 0 Å². The molecule has 108 valence electrons. The van der Waals surface area contributed by atoms with E-state index in [9.17, 15) is 13.2 Å². The second-order valence-electron chi connectivity index (χ2n) is 4.92. The molecule has 0 unspecified atom stereocenters. The zero-order valence-corrected chi connectivity index (χ0v) is 12.1. The molecule has 0 radical (unpaired) electrons. The number of carboxylic acid groups (broad SMARTS) is 1. The van der Waals surface area contributed by atoms with E-state index in [0.29, 0.717) is 0 Å². The Balaban J connectivity index is 2.33. The Morgan fingerprint density at radius 2 is 1.80 bits per heavy atom. The van der Waals surface area contributed by atoms with Gasteiger partial charge in [0.05, 0.1) is 5.57 Å². The number of hydrogen-bond acceptors (Lipinski definition) is 4. The molecular formula is C14H16O5S. The maximum absolute atomic E-state index is 12.2. The molecule has 0 amide bonds. The standard InChI is InChI=1S/C14H16O5S/c1-9-3-7-12(8-4-9)20(17,18)19-13(11-5-6-11)10(2)14(15)16/h3-4,7-8,11H,5-6H2,1-2H3,(H,15,16). The summed E-state index contributed by atoms with van der Waals surface area (Å²) in [7, 11) is -3.98. The zero-order valence-electron chi connectivity index (χ0n) is 11.3. The van der Waals surface area contributed by atoms with Crippen LogP contribution in [0.5, 0.6) is 0 Å². The summed E-state index contributed by atoms with van der Waals surface area (Å²) in [5.41, 5.74) is 0.881. The van der Waals surface area contributed by atoms with Crippen LogP contribution in [-0.2, 0) is 19.1 Å². The largest absolute Gasteiger partial charge is 0.478 e. The molecule has 0 saturated heterocycles. The maximum atomic E-state index is 12.2. The van der Waals surface area contributed by atoms with Crippen molar-refractivity contribution in [2.24, 2.45) is 5.92 Å². The highest BCUT2D eigenvalue weighted by atomic mass is 32.2. The number of benzene rings is 1. The van der Waals surface area contributed by atoms with Crippen LogP contribution in [-0.4, -0.2) is 19.5 Å². The minimum absolute atomic E-state index is 0.0273. The Morgan fingerprint density at radius 3 is 2.25 bits per heavy atom. The van der Waals surface area contributed by atoms with Crippen LogP contribution in [0.4, 0.5) is 0 Å². The molecule has 0 bridgehead atoms. The van der Waals surface area contributed by atoms with Gasteiger partial charge >= 0.3 is 16.1 Å². The molecule has 5 nitrogen and oxygen atoms in total. The first kappa shape index (κ1) is 14.6. The summed E-state index contributed by atoms with van der Waals surface area (Å²) in [6.07, 6.45) is 1.51. The Morgan fingerprint density at radius 1 is 1.25 bits per heavy atom. The average molecular weight is 296 g/mol. The maximum Gasteiger partial charge on any atom is 0.338 e.